The van der Waals surface area contributed by atoms with Crippen LogP contribution in [0.4, 0.5) is 5.69 Å². The predicted molar refractivity (Wildman–Crippen MR) is 116 cm³/mol. The lowest BCUT2D eigenvalue weighted by Crippen LogP contribution is -2.42. The highest BCUT2D eigenvalue weighted by atomic mass is 16.5. The van der Waals surface area contributed by atoms with Gasteiger partial charge < -0.3 is 19.7 Å². The number of hydrogen-bond donors (Lipinski definition) is 2. The van der Waals surface area contributed by atoms with Gasteiger partial charge in [-0.25, -0.2) is 4.98 Å². The van der Waals surface area contributed by atoms with Crippen molar-refractivity contribution >= 4 is 28.5 Å². The lowest BCUT2D eigenvalue weighted by molar-refractivity contribution is -0.137. The zero-order valence-corrected chi connectivity index (χ0v) is 17.5. The van der Waals surface area contributed by atoms with E-state index in [1.807, 2.05) is 17.0 Å². The summed E-state index contributed by atoms with van der Waals surface area (Å²) in [5, 5.41) is 7.00. The van der Waals surface area contributed by atoms with E-state index in [0.29, 0.717) is 18.1 Å². The number of hydrogen-bond acceptors (Lipinski definition) is 5. The van der Waals surface area contributed by atoms with Gasteiger partial charge in [-0.2, -0.15) is 0 Å². The monoisotopic (exact) mass is 421 g/mol. The molecule has 1 saturated carbocycles. The number of nitrogens with zero attached hydrogens (tertiary/aromatic N) is 3. The number of nitrogens with one attached hydrogen (secondary N) is 2. The molecule has 2 aliphatic rings. The first-order valence-electron chi connectivity index (χ1n) is 11.2. The van der Waals surface area contributed by atoms with E-state index in [1.165, 1.54) is 6.42 Å². The summed E-state index contributed by atoms with van der Waals surface area (Å²) in [5.74, 6) is 0.408. The maximum atomic E-state index is 12.9. The molecule has 162 valence electrons. The van der Waals surface area contributed by atoms with E-state index in [9.17, 15) is 9.59 Å². The Kier molecular flexibility index (Phi) is 5.44. The molecule has 1 atom stereocenters. The summed E-state index contributed by atoms with van der Waals surface area (Å²) in [6, 6.07) is 7.18. The van der Waals surface area contributed by atoms with Crippen molar-refractivity contribution in [1.82, 2.24) is 20.0 Å². The van der Waals surface area contributed by atoms with Gasteiger partial charge in [-0.3, -0.25) is 9.59 Å². The summed E-state index contributed by atoms with van der Waals surface area (Å²) in [6.45, 7) is 1.46. The largest absolute Gasteiger partial charge is 0.351 e. The van der Waals surface area contributed by atoms with Crippen LogP contribution in [-0.2, 0) is 4.79 Å². The summed E-state index contributed by atoms with van der Waals surface area (Å²) in [6.07, 6.45) is 9.08. The zero-order chi connectivity index (χ0) is 21.2. The number of fused-ring (bicyclic) bond motifs is 1. The second kappa shape index (κ2) is 8.53. The van der Waals surface area contributed by atoms with Gasteiger partial charge in [0.25, 0.3) is 5.91 Å². The smallest absolute Gasteiger partial charge is 0.294 e. The molecule has 1 aromatic carbocycles. The summed E-state index contributed by atoms with van der Waals surface area (Å²) >= 11 is 0. The van der Waals surface area contributed by atoms with Crippen LogP contribution in [0.3, 0.4) is 0 Å². The second-order valence-corrected chi connectivity index (χ2v) is 8.66. The van der Waals surface area contributed by atoms with Gasteiger partial charge in [-0.05, 0) is 43.9 Å². The average molecular weight is 422 g/mol. The minimum atomic E-state index is -0.344. The minimum Gasteiger partial charge on any atom is -0.351 e. The van der Waals surface area contributed by atoms with Crippen LogP contribution in [0, 0.1) is 5.92 Å². The molecule has 3 aromatic rings. The number of carbonyl (C=O) groups excluding carboxylic acids is 2. The van der Waals surface area contributed by atoms with Crippen LogP contribution in [0.1, 0.15) is 67.1 Å². The van der Waals surface area contributed by atoms with Crippen LogP contribution in [0.5, 0.6) is 0 Å². The molecule has 5 rings (SSSR count). The second-order valence-electron chi connectivity index (χ2n) is 8.66. The van der Waals surface area contributed by atoms with Crippen LogP contribution in [0.15, 0.2) is 35.1 Å². The highest BCUT2D eigenvalue weighted by Crippen LogP contribution is 2.31. The van der Waals surface area contributed by atoms with E-state index in [4.69, 9.17) is 4.52 Å². The van der Waals surface area contributed by atoms with Crippen LogP contribution >= 0.6 is 0 Å². The summed E-state index contributed by atoms with van der Waals surface area (Å²) in [5.41, 5.74) is 3.09. The van der Waals surface area contributed by atoms with Gasteiger partial charge in [0.1, 0.15) is 0 Å². The first-order valence-corrected chi connectivity index (χ1v) is 11.2. The van der Waals surface area contributed by atoms with Crippen molar-refractivity contribution in [1.29, 1.82) is 0 Å². The molecule has 1 aliphatic heterocycles. The van der Waals surface area contributed by atoms with Crippen molar-refractivity contribution < 1.29 is 14.1 Å². The van der Waals surface area contributed by atoms with Gasteiger partial charge >= 0.3 is 0 Å². The molecule has 0 unspecified atom stereocenters. The Hall–Kier alpha value is -3.16. The Labute approximate surface area is 180 Å². The highest BCUT2D eigenvalue weighted by molar-refractivity contribution is 6.03. The molecule has 1 aliphatic carbocycles. The van der Waals surface area contributed by atoms with Gasteiger partial charge in [-0.1, -0.05) is 24.4 Å². The van der Waals surface area contributed by atoms with E-state index in [2.05, 4.69) is 20.4 Å². The number of imidazole rings is 1. The Morgan fingerprint density at radius 2 is 1.97 bits per heavy atom. The lowest BCUT2D eigenvalue weighted by atomic mass is 9.87. The molecule has 2 fully saturated rings. The van der Waals surface area contributed by atoms with Gasteiger partial charge in [-0.15, -0.1) is 0 Å². The molecule has 0 radical (unpaired) electrons. The minimum absolute atomic E-state index is 0.105. The van der Waals surface area contributed by atoms with Crippen LogP contribution in [0.25, 0.3) is 11.0 Å². The zero-order valence-electron chi connectivity index (χ0n) is 17.5. The van der Waals surface area contributed by atoms with E-state index in [-0.39, 0.29) is 23.5 Å². The maximum Gasteiger partial charge on any atom is 0.294 e. The number of rotatable bonds is 4. The molecule has 8 nitrogen and oxygen atoms in total. The van der Waals surface area contributed by atoms with Gasteiger partial charge in [0.05, 0.1) is 23.1 Å². The Bertz CT molecular complexity index is 1080. The van der Waals surface area contributed by atoms with E-state index < -0.39 is 0 Å². The third kappa shape index (κ3) is 4.19. The first kappa shape index (κ1) is 19.8. The molecule has 0 spiro atoms. The number of anilines is 1. The Balaban J connectivity index is 1.23. The molecule has 2 N–H and O–H groups in total. The number of likely N-dealkylation sites (tertiary alicyclic amines) is 1. The number of aromatic nitrogens is 3. The molecular weight excluding hydrogens is 394 g/mol. The third-order valence-corrected chi connectivity index (χ3v) is 6.54. The molecule has 2 amide bonds. The van der Waals surface area contributed by atoms with Crippen molar-refractivity contribution in [2.24, 2.45) is 5.92 Å². The summed E-state index contributed by atoms with van der Waals surface area (Å²) in [4.78, 5) is 34.8. The molecule has 31 heavy (non-hydrogen) atoms. The predicted octanol–water partition coefficient (Wildman–Crippen LogP) is 4.09. The normalized spacial score (nSPS) is 20.1. The van der Waals surface area contributed by atoms with Gasteiger partial charge in [0.2, 0.25) is 11.7 Å². The van der Waals surface area contributed by atoms with Crippen LogP contribution < -0.4 is 5.32 Å². The van der Waals surface area contributed by atoms with Crippen LogP contribution in [-0.4, -0.2) is 44.9 Å². The van der Waals surface area contributed by atoms with Gasteiger partial charge in [0, 0.05) is 36.7 Å². The number of benzene rings is 1. The number of carbonyl (C=O) groups is 2. The number of piperidine rings is 1. The summed E-state index contributed by atoms with van der Waals surface area (Å²) in [7, 11) is 0. The van der Waals surface area contributed by atoms with E-state index in [1.54, 1.807) is 18.5 Å². The number of aromatic amines is 1. The number of H-pyrrole nitrogens is 1. The van der Waals surface area contributed by atoms with Crippen molar-refractivity contribution in [3.8, 4) is 0 Å². The topological polar surface area (TPSA) is 104 Å². The van der Waals surface area contributed by atoms with E-state index >= 15 is 0 Å². The first-order chi connectivity index (χ1) is 15.2. The van der Waals surface area contributed by atoms with Gasteiger partial charge in [0.15, 0.2) is 0 Å². The average Bonchev–Trinajstić information content (AvgIpc) is 3.49. The quantitative estimate of drug-likeness (QED) is 0.660. The lowest BCUT2D eigenvalue weighted by Gasteiger charge is -2.35. The molecule has 0 bridgehead atoms. The fourth-order valence-corrected chi connectivity index (χ4v) is 4.82. The molecule has 2 aromatic heterocycles. The van der Waals surface area contributed by atoms with Crippen molar-refractivity contribution in [2.45, 2.75) is 50.9 Å². The highest BCUT2D eigenvalue weighted by Gasteiger charge is 2.31. The standard InChI is InChI=1S/C23H27N5O3/c29-22(26-17-8-9-18-20(11-17)25-14-24-18)21-12-19(27-31-21)16-7-4-10-28(13-16)23(30)15-5-2-1-3-6-15/h8-9,11-12,14-16H,1-7,10,13H2,(H,24,25)(H,26,29)/t16-/m0/s1. The van der Waals surface area contributed by atoms with Crippen LogP contribution in [0.2, 0.25) is 0 Å². The number of amides is 2. The van der Waals surface area contributed by atoms with E-state index in [0.717, 1.165) is 61.8 Å². The van der Waals surface area contributed by atoms with Crippen molar-refractivity contribution in [3.63, 3.8) is 0 Å². The maximum absolute atomic E-state index is 12.9. The van der Waals surface area contributed by atoms with Crippen molar-refractivity contribution in [2.75, 3.05) is 18.4 Å². The third-order valence-electron chi connectivity index (χ3n) is 6.54. The summed E-state index contributed by atoms with van der Waals surface area (Å²) < 4.78 is 5.35. The SMILES string of the molecule is O=C(Nc1ccc2nc[nH]c2c1)c1cc([C@H]2CCCN(C(=O)C3CCCCC3)C2)no1. The fraction of sp³-hybridized carbons (Fsp3) is 0.478. The van der Waals surface area contributed by atoms with Crippen molar-refractivity contribution in [3.05, 3.63) is 42.0 Å². The Morgan fingerprint density at radius 3 is 2.84 bits per heavy atom. The Morgan fingerprint density at radius 1 is 1.10 bits per heavy atom. The molecule has 1 saturated heterocycles. The molecule has 8 heteroatoms. The fourth-order valence-electron chi connectivity index (χ4n) is 4.82. The molecular formula is C23H27N5O3. The molecule has 3 heterocycles.